The van der Waals surface area contributed by atoms with Gasteiger partial charge in [0.1, 0.15) is 5.75 Å². The van der Waals surface area contributed by atoms with E-state index in [2.05, 4.69) is 42.7 Å². The van der Waals surface area contributed by atoms with E-state index in [0.29, 0.717) is 11.7 Å². The first-order chi connectivity index (χ1) is 9.70. The molecule has 1 aromatic heterocycles. The van der Waals surface area contributed by atoms with Crippen molar-refractivity contribution in [3.63, 3.8) is 0 Å². The zero-order chi connectivity index (χ0) is 14.4. The van der Waals surface area contributed by atoms with Gasteiger partial charge < -0.3 is 10.4 Å². The maximum Gasteiger partial charge on any atom is 0.115 e. The van der Waals surface area contributed by atoms with Gasteiger partial charge in [-0.2, -0.15) is 0 Å². The second kappa shape index (κ2) is 7.46. The zero-order valence-electron chi connectivity index (χ0n) is 12.2. The fraction of sp³-hybridized carbons (Fsp3) is 0.412. The van der Waals surface area contributed by atoms with Gasteiger partial charge in [-0.15, -0.1) is 11.3 Å². The molecule has 0 spiro atoms. The van der Waals surface area contributed by atoms with Crippen molar-refractivity contribution >= 4 is 11.3 Å². The van der Waals surface area contributed by atoms with Crippen LogP contribution in [0.3, 0.4) is 0 Å². The summed E-state index contributed by atoms with van der Waals surface area (Å²) in [4.78, 5) is 1.46. The zero-order valence-corrected chi connectivity index (χ0v) is 13.0. The Bertz CT molecular complexity index is 509. The summed E-state index contributed by atoms with van der Waals surface area (Å²) in [6, 6.07) is 12.1. The highest BCUT2D eigenvalue weighted by atomic mass is 32.1. The number of aromatic hydroxyl groups is 1. The summed E-state index contributed by atoms with van der Waals surface area (Å²) in [6.45, 7) is 5.36. The van der Waals surface area contributed by atoms with E-state index in [0.717, 1.165) is 12.1 Å². The summed E-state index contributed by atoms with van der Waals surface area (Å²) in [7, 11) is 0. The maximum absolute atomic E-state index is 9.55. The molecular weight excluding hydrogens is 266 g/mol. The van der Waals surface area contributed by atoms with Gasteiger partial charge in [-0.1, -0.05) is 31.5 Å². The molecule has 0 radical (unpaired) electrons. The first-order valence-corrected chi connectivity index (χ1v) is 8.14. The normalized spacial score (nSPS) is 14.1. The highest BCUT2D eigenvalue weighted by Gasteiger charge is 2.13. The van der Waals surface area contributed by atoms with Gasteiger partial charge in [0.15, 0.2) is 0 Å². The second-order valence-corrected chi connectivity index (χ2v) is 6.21. The molecule has 0 amide bonds. The number of thiophene rings is 1. The molecule has 3 heteroatoms. The summed E-state index contributed by atoms with van der Waals surface area (Å²) in [5.41, 5.74) is 1.13. The fourth-order valence-corrected chi connectivity index (χ4v) is 3.31. The van der Waals surface area contributed by atoms with Crippen molar-refractivity contribution in [3.05, 3.63) is 52.2 Å². The number of hydrogen-bond donors (Lipinski definition) is 2. The van der Waals surface area contributed by atoms with Gasteiger partial charge in [0, 0.05) is 23.4 Å². The Balaban J connectivity index is 1.95. The van der Waals surface area contributed by atoms with Crippen molar-refractivity contribution in [2.24, 2.45) is 0 Å². The van der Waals surface area contributed by atoms with Crippen LogP contribution in [0.25, 0.3) is 0 Å². The van der Waals surface area contributed by atoms with E-state index < -0.39 is 0 Å². The summed E-state index contributed by atoms with van der Waals surface area (Å²) in [6.07, 6.45) is 2.41. The van der Waals surface area contributed by atoms with E-state index in [-0.39, 0.29) is 6.04 Å². The lowest BCUT2D eigenvalue weighted by atomic mass is 10.0. The molecule has 1 aromatic carbocycles. The number of nitrogens with one attached hydrogen (secondary N) is 1. The van der Waals surface area contributed by atoms with E-state index in [9.17, 15) is 5.11 Å². The fourth-order valence-electron chi connectivity index (χ4n) is 2.45. The van der Waals surface area contributed by atoms with Gasteiger partial charge in [-0.05, 0) is 42.5 Å². The van der Waals surface area contributed by atoms with Crippen molar-refractivity contribution < 1.29 is 5.11 Å². The molecule has 1 heterocycles. The molecule has 0 aliphatic heterocycles. The summed E-state index contributed by atoms with van der Waals surface area (Å²) >= 11 is 1.84. The smallest absolute Gasteiger partial charge is 0.115 e. The molecule has 2 atom stereocenters. The number of benzene rings is 1. The lowest BCUT2D eigenvalue weighted by molar-refractivity contribution is 0.469. The minimum atomic E-state index is 0.251. The second-order valence-electron chi connectivity index (χ2n) is 5.23. The summed E-state index contributed by atoms with van der Waals surface area (Å²) in [5, 5.41) is 15.3. The standard InChI is InChI=1S/C17H23NOS/c1-3-6-15(17-9-5-10-20-17)12-18-13(2)14-7-4-8-16(19)11-14/h4-5,7-11,13,15,18-19H,3,6,12H2,1-2H3. The van der Waals surface area contributed by atoms with E-state index in [1.807, 2.05) is 23.5 Å². The van der Waals surface area contributed by atoms with Crippen molar-refractivity contribution in [1.82, 2.24) is 5.32 Å². The molecule has 0 aliphatic rings. The first kappa shape index (κ1) is 15.1. The van der Waals surface area contributed by atoms with E-state index in [1.54, 1.807) is 6.07 Å². The highest BCUT2D eigenvalue weighted by Crippen LogP contribution is 2.26. The third-order valence-electron chi connectivity index (χ3n) is 3.62. The topological polar surface area (TPSA) is 32.3 Å². The Labute approximate surface area is 125 Å². The molecule has 2 nitrogen and oxygen atoms in total. The van der Waals surface area contributed by atoms with Gasteiger partial charge >= 0.3 is 0 Å². The van der Waals surface area contributed by atoms with E-state index in [1.165, 1.54) is 17.7 Å². The number of phenolic OH excluding ortho intramolecular Hbond substituents is 1. The Kier molecular flexibility index (Phi) is 5.62. The van der Waals surface area contributed by atoms with Crippen LogP contribution in [0.4, 0.5) is 0 Å². The molecule has 0 fully saturated rings. The van der Waals surface area contributed by atoms with Crippen LogP contribution in [0.1, 0.15) is 49.1 Å². The largest absolute Gasteiger partial charge is 0.508 e. The predicted octanol–water partition coefficient (Wildman–Crippen LogP) is 4.69. The minimum Gasteiger partial charge on any atom is -0.508 e. The Morgan fingerprint density at radius 2 is 2.10 bits per heavy atom. The monoisotopic (exact) mass is 289 g/mol. The average molecular weight is 289 g/mol. The maximum atomic E-state index is 9.55. The summed E-state index contributed by atoms with van der Waals surface area (Å²) in [5.74, 6) is 0.916. The van der Waals surface area contributed by atoms with Crippen LogP contribution in [-0.4, -0.2) is 11.7 Å². The van der Waals surface area contributed by atoms with E-state index >= 15 is 0 Å². The highest BCUT2D eigenvalue weighted by molar-refractivity contribution is 7.10. The van der Waals surface area contributed by atoms with Gasteiger partial charge in [-0.25, -0.2) is 0 Å². The van der Waals surface area contributed by atoms with Crippen LogP contribution in [0.5, 0.6) is 5.75 Å². The molecule has 2 N–H and O–H groups in total. The van der Waals surface area contributed by atoms with Gasteiger partial charge in [-0.3, -0.25) is 0 Å². The molecule has 0 aliphatic carbocycles. The molecule has 0 saturated heterocycles. The minimum absolute atomic E-state index is 0.251. The Morgan fingerprint density at radius 1 is 1.25 bits per heavy atom. The lowest BCUT2D eigenvalue weighted by Gasteiger charge is -2.20. The molecule has 0 bridgehead atoms. The van der Waals surface area contributed by atoms with Crippen LogP contribution >= 0.6 is 11.3 Å². The first-order valence-electron chi connectivity index (χ1n) is 7.26. The molecular formula is C17H23NOS. The molecule has 2 rings (SSSR count). The predicted molar refractivity (Wildman–Crippen MR) is 86.5 cm³/mol. The van der Waals surface area contributed by atoms with Crippen LogP contribution in [0, 0.1) is 0 Å². The van der Waals surface area contributed by atoms with Crippen molar-refractivity contribution in [2.45, 2.75) is 38.6 Å². The Hall–Kier alpha value is -1.32. The van der Waals surface area contributed by atoms with E-state index in [4.69, 9.17) is 0 Å². The third kappa shape index (κ3) is 4.09. The lowest BCUT2D eigenvalue weighted by Crippen LogP contribution is -2.24. The van der Waals surface area contributed by atoms with Crippen molar-refractivity contribution in [2.75, 3.05) is 6.54 Å². The van der Waals surface area contributed by atoms with Crippen LogP contribution in [0.2, 0.25) is 0 Å². The summed E-state index contributed by atoms with van der Waals surface area (Å²) < 4.78 is 0. The molecule has 0 saturated carbocycles. The van der Waals surface area contributed by atoms with Crippen molar-refractivity contribution in [1.29, 1.82) is 0 Å². The molecule has 2 unspecified atom stereocenters. The van der Waals surface area contributed by atoms with Gasteiger partial charge in [0.2, 0.25) is 0 Å². The van der Waals surface area contributed by atoms with Crippen LogP contribution in [-0.2, 0) is 0 Å². The molecule has 20 heavy (non-hydrogen) atoms. The van der Waals surface area contributed by atoms with Gasteiger partial charge in [0.05, 0.1) is 0 Å². The quantitative estimate of drug-likeness (QED) is 0.775. The molecule has 108 valence electrons. The van der Waals surface area contributed by atoms with Crippen LogP contribution < -0.4 is 5.32 Å². The van der Waals surface area contributed by atoms with Gasteiger partial charge in [0.25, 0.3) is 0 Å². The van der Waals surface area contributed by atoms with Crippen LogP contribution in [0.15, 0.2) is 41.8 Å². The van der Waals surface area contributed by atoms with Crippen molar-refractivity contribution in [3.8, 4) is 5.75 Å². The number of phenols is 1. The Morgan fingerprint density at radius 3 is 2.75 bits per heavy atom. The SMILES string of the molecule is CCCC(CNC(C)c1cccc(O)c1)c1cccs1. The number of hydrogen-bond acceptors (Lipinski definition) is 3. The number of rotatable bonds is 7. The average Bonchev–Trinajstić information content (AvgIpc) is 2.97. The third-order valence-corrected chi connectivity index (χ3v) is 4.66. The molecule has 2 aromatic rings.